The second-order valence-electron chi connectivity index (χ2n) is 4.21. The average Bonchev–Trinajstić information content (AvgIpc) is 2.35. The first-order valence-electron chi connectivity index (χ1n) is 5.68. The molecule has 0 aliphatic rings. The van der Waals surface area contributed by atoms with Crippen LogP contribution in [0, 0.1) is 25.1 Å². The third-order valence-corrected chi connectivity index (χ3v) is 4.47. The smallest absolute Gasteiger partial charge is 0.243 e. The molecule has 0 amide bonds. The monoisotopic (exact) mass is 284 g/mol. The van der Waals surface area contributed by atoms with Crippen LogP contribution in [0.25, 0.3) is 0 Å². The van der Waals surface area contributed by atoms with Crippen LogP contribution < -0.4 is 5.32 Å². The molecule has 0 aliphatic heterocycles. The Labute approximate surface area is 113 Å². The van der Waals surface area contributed by atoms with Gasteiger partial charge in [0.05, 0.1) is 11.4 Å². The van der Waals surface area contributed by atoms with Gasteiger partial charge in [0, 0.05) is 19.2 Å². The quantitative estimate of drug-likeness (QED) is 0.824. The van der Waals surface area contributed by atoms with Crippen LogP contribution in [0.15, 0.2) is 17.0 Å². The summed E-state index contributed by atoms with van der Waals surface area (Å²) in [6.45, 7) is 1.77. The van der Waals surface area contributed by atoms with E-state index in [1.165, 1.54) is 26.1 Å². The molecular weight excluding hydrogens is 267 g/mol. The van der Waals surface area contributed by atoms with E-state index in [4.69, 9.17) is 6.42 Å². The SMILES string of the molecule is C#CCN(C)S(=O)(=O)c1cc(C)c(F)c(CNC)c1. The van der Waals surface area contributed by atoms with Crippen LogP contribution in [-0.2, 0) is 16.6 Å². The lowest BCUT2D eigenvalue weighted by atomic mass is 10.1. The number of terminal acetylenes is 1. The van der Waals surface area contributed by atoms with Gasteiger partial charge in [0.2, 0.25) is 10.0 Å². The van der Waals surface area contributed by atoms with Crippen LogP contribution in [0.4, 0.5) is 4.39 Å². The lowest BCUT2D eigenvalue weighted by molar-refractivity contribution is 0.502. The fraction of sp³-hybridized carbons (Fsp3) is 0.385. The maximum Gasteiger partial charge on any atom is 0.243 e. The van der Waals surface area contributed by atoms with Gasteiger partial charge in [0.25, 0.3) is 0 Å². The van der Waals surface area contributed by atoms with Crippen molar-refractivity contribution in [3.8, 4) is 12.3 Å². The molecule has 19 heavy (non-hydrogen) atoms. The molecule has 104 valence electrons. The maximum absolute atomic E-state index is 13.8. The third kappa shape index (κ3) is 3.32. The molecule has 0 saturated carbocycles. The minimum Gasteiger partial charge on any atom is -0.316 e. The van der Waals surface area contributed by atoms with Crippen molar-refractivity contribution >= 4 is 10.0 Å². The predicted octanol–water partition coefficient (Wildman–Crippen LogP) is 1.11. The summed E-state index contributed by atoms with van der Waals surface area (Å²) >= 11 is 0. The molecular formula is C13H17FN2O2S. The van der Waals surface area contributed by atoms with Crippen molar-refractivity contribution in [1.29, 1.82) is 0 Å². The highest BCUT2D eigenvalue weighted by Crippen LogP contribution is 2.21. The zero-order valence-corrected chi connectivity index (χ0v) is 12.0. The Morgan fingerprint density at radius 3 is 2.63 bits per heavy atom. The van der Waals surface area contributed by atoms with E-state index < -0.39 is 15.8 Å². The fourth-order valence-corrected chi connectivity index (χ4v) is 2.89. The van der Waals surface area contributed by atoms with Crippen molar-refractivity contribution in [2.45, 2.75) is 18.4 Å². The predicted molar refractivity (Wildman–Crippen MR) is 72.5 cm³/mol. The Morgan fingerprint density at radius 1 is 1.47 bits per heavy atom. The number of nitrogens with zero attached hydrogens (tertiary/aromatic N) is 1. The van der Waals surface area contributed by atoms with Gasteiger partial charge in [0.1, 0.15) is 5.82 Å². The molecule has 1 aromatic rings. The summed E-state index contributed by atoms with van der Waals surface area (Å²) in [5.41, 5.74) is 0.607. The molecule has 1 aromatic carbocycles. The van der Waals surface area contributed by atoms with Crippen molar-refractivity contribution in [2.75, 3.05) is 20.6 Å². The highest BCUT2D eigenvalue weighted by Gasteiger charge is 2.22. The Morgan fingerprint density at radius 2 is 2.11 bits per heavy atom. The Balaban J connectivity index is 3.32. The van der Waals surface area contributed by atoms with E-state index >= 15 is 0 Å². The highest BCUT2D eigenvalue weighted by molar-refractivity contribution is 7.89. The van der Waals surface area contributed by atoms with Gasteiger partial charge in [-0.2, -0.15) is 4.31 Å². The summed E-state index contributed by atoms with van der Waals surface area (Å²) in [5, 5.41) is 2.80. The number of benzene rings is 1. The highest BCUT2D eigenvalue weighted by atomic mass is 32.2. The zero-order valence-electron chi connectivity index (χ0n) is 11.2. The van der Waals surface area contributed by atoms with Gasteiger partial charge in [-0.1, -0.05) is 5.92 Å². The minimum atomic E-state index is -3.68. The van der Waals surface area contributed by atoms with Crippen LogP contribution in [0.3, 0.4) is 0 Å². The summed E-state index contributed by atoms with van der Waals surface area (Å²) in [6.07, 6.45) is 5.11. The Bertz CT molecular complexity index is 606. The van der Waals surface area contributed by atoms with Gasteiger partial charge >= 0.3 is 0 Å². The largest absolute Gasteiger partial charge is 0.316 e. The molecule has 0 bridgehead atoms. The van der Waals surface area contributed by atoms with E-state index in [-0.39, 0.29) is 18.0 Å². The number of nitrogens with one attached hydrogen (secondary N) is 1. The molecule has 1 N–H and O–H groups in total. The van der Waals surface area contributed by atoms with Crippen molar-refractivity contribution in [1.82, 2.24) is 9.62 Å². The number of sulfonamides is 1. The third-order valence-electron chi connectivity index (χ3n) is 2.69. The Kier molecular flexibility index (Phi) is 5.06. The topological polar surface area (TPSA) is 49.4 Å². The van der Waals surface area contributed by atoms with Crippen molar-refractivity contribution < 1.29 is 12.8 Å². The molecule has 6 heteroatoms. The van der Waals surface area contributed by atoms with Crippen LogP contribution in [0.1, 0.15) is 11.1 Å². The fourth-order valence-electron chi connectivity index (χ4n) is 1.67. The van der Waals surface area contributed by atoms with Gasteiger partial charge < -0.3 is 5.32 Å². The van der Waals surface area contributed by atoms with Gasteiger partial charge in [-0.3, -0.25) is 0 Å². The summed E-state index contributed by atoms with van der Waals surface area (Å²) in [7, 11) is -0.623. The van der Waals surface area contributed by atoms with Crippen LogP contribution in [0.2, 0.25) is 0 Å². The van der Waals surface area contributed by atoms with E-state index in [1.807, 2.05) is 0 Å². The molecule has 4 nitrogen and oxygen atoms in total. The molecule has 0 aliphatic carbocycles. The van der Waals surface area contributed by atoms with Crippen molar-refractivity contribution in [3.05, 3.63) is 29.1 Å². The van der Waals surface area contributed by atoms with Crippen molar-refractivity contribution in [2.24, 2.45) is 0 Å². The first-order valence-corrected chi connectivity index (χ1v) is 7.12. The summed E-state index contributed by atoms with van der Waals surface area (Å²) in [6, 6.07) is 2.65. The van der Waals surface area contributed by atoms with E-state index in [0.29, 0.717) is 11.1 Å². The normalized spacial score (nSPS) is 11.6. The summed E-state index contributed by atoms with van der Waals surface area (Å²) in [4.78, 5) is 0.0504. The standard InChI is InChI=1S/C13H17FN2O2S/c1-5-6-16(4)19(17,18)12-7-10(2)13(14)11(8-12)9-15-3/h1,7-8,15H,6,9H2,2-4H3. The molecule has 0 saturated heterocycles. The van der Waals surface area contributed by atoms with Crippen LogP contribution in [0.5, 0.6) is 0 Å². The molecule has 0 radical (unpaired) electrons. The molecule has 0 fully saturated rings. The molecule has 0 atom stereocenters. The van der Waals surface area contributed by atoms with Gasteiger partial charge in [-0.15, -0.1) is 6.42 Å². The van der Waals surface area contributed by atoms with Gasteiger partial charge in [-0.05, 0) is 31.7 Å². The lowest BCUT2D eigenvalue weighted by Gasteiger charge is -2.16. The number of aryl methyl sites for hydroxylation is 1. The van der Waals surface area contributed by atoms with Gasteiger partial charge in [0.15, 0.2) is 0 Å². The van der Waals surface area contributed by atoms with E-state index in [2.05, 4.69) is 11.2 Å². The minimum absolute atomic E-state index is 0.0277. The van der Waals surface area contributed by atoms with Crippen LogP contribution >= 0.6 is 0 Å². The second kappa shape index (κ2) is 6.15. The number of rotatable bonds is 5. The molecule has 1 rings (SSSR count). The molecule has 0 spiro atoms. The molecule has 0 unspecified atom stereocenters. The number of hydrogen-bond acceptors (Lipinski definition) is 3. The number of halogens is 1. The van der Waals surface area contributed by atoms with Crippen LogP contribution in [-0.4, -0.2) is 33.4 Å². The van der Waals surface area contributed by atoms with E-state index in [0.717, 1.165) is 4.31 Å². The van der Waals surface area contributed by atoms with Crippen molar-refractivity contribution in [3.63, 3.8) is 0 Å². The first-order chi connectivity index (χ1) is 8.84. The first kappa shape index (κ1) is 15.6. The molecule has 0 aromatic heterocycles. The van der Waals surface area contributed by atoms with E-state index in [1.54, 1.807) is 7.05 Å². The second-order valence-corrected chi connectivity index (χ2v) is 6.25. The average molecular weight is 284 g/mol. The maximum atomic E-state index is 13.8. The van der Waals surface area contributed by atoms with Gasteiger partial charge in [-0.25, -0.2) is 12.8 Å². The summed E-state index contributed by atoms with van der Waals surface area (Å²) < 4.78 is 39.3. The van der Waals surface area contributed by atoms with E-state index in [9.17, 15) is 12.8 Å². The molecule has 0 heterocycles. The zero-order chi connectivity index (χ0) is 14.6. The summed E-state index contributed by atoms with van der Waals surface area (Å²) in [5.74, 6) is 1.87. The number of hydrogen-bond donors (Lipinski definition) is 1. The lowest BCUT2D eigenvalue weighted by Crippen LogP contribution is -2.27. The Hall–Kier alpha value is -1.42.